The molecule has 1 aromatic rings. The van der Waals surface area contributed by atoms with E-state index in [9.17, 15) is 25.5 Å². The van der Waals surface area contributed by atoms with Crippen LogP contribution in [-0.4, -0.2) is 88.7 Å². The SMILES string of the molecule is CC(C)(C)[Si](C)(C)OC(O)[C@@](O)(O[Si](C)(C)C(C)(C)C)[C@](O)(O[Si](C)(C)C(C)(C)C)[C@@](O)(O[Si](C)(C)C(C)(C)C)C(O)OCc1ccccc1. The predicted octanol–water partition coefficient (Wildman–Crippen LogP) is 7.99. The summed E-state index contributed by atoms with van der Waals surface area (Å²) in [5, 5.41) is 62.1. The Morgan fingerprint density at radius 1 is 0.500 bits per heavy atom. The third-order valence-electron chi connectivity index (χ3n) is 11.7. The van der Waals surface area contributed by atoms with E-state index in [-0.39, 0.29) is 6.61 Å². The smallest absolute Gasteiger partial charge is 0.276 e. The molecule has 50 heavy (non-hydrogen) atoms. The number of hydrogen-bond acceptors (Lipinski definition) is 10. The highest BCUT2D eigenvalue weighted by Gasteiger charge is 2.76. The molecule has 5 N–H and O–H groups in total. The highest BCUT2D eigenvalue weighted by Crippen LogP contribution is 2.53. The van der Waals surface area contributed by atoms with Gasteiger partial charge in [0.25, 0.3) is 17.4 Å². The lowest BCUT2D eigenvalue weighted by Crippen LogP contribution is -2.83. The van der Waals surface area contributed by atoms with Gasteiger partial charge in [-0.1, -0.05) is 113 Å². The minimum atomic E-state index is -3.40. The second kappa shape index (κ2) is 15.1. The van der Waals surface area contributed by atoms with E-state index in [1.54, 1.807) is 24.3 Å². The van der Waals surface area contributed by atoms with Crippen molar-refractivity contribution in [2.45, 2.75) is 192 Å². The summed E-state index contributed by atoms with van der Waals surface area (Å²) in [5.41, 5.74) is 0.671. The maximum Gasteiger partial charge on any atom is 0.276 e. The second-order valence-electron chi connectivity index (χ2n) is 20.0. The van der Waals surface area contributed by atoms with Gasteiger partial charge in [0.1, 0.15) is 0 Å². The first-order valence-electron chi connectivity index (χ1n) is 17.7. The van der Waals surface area contributed by atoms with Gasteiger partial charge in [0, 0.05) is 0 Å². The van der Waals surface area contributed by atoms with Crippen LogP contribution in [0.15, 0.2) is 30.3 Å². The average molecular weight is 779 g/mol. The van der Waals surface area contributed by atoms with Gasteiger partial charge in [-0.15, -0.1) is 0 Å². The lowest BCUT2D eigenvalue weighted by molar-refractivity contribution is -0.491. The minimum absolute atomic E-state index is 0.189. The first-order valence-corrected chi connectivity index (χ1v) is 29.4. The molecular weight excluding hydrogens is 705 g/mol. The normalized spacial score (nSPS) is 19.7. The van der Waals surface area contributed by atoms with Gasteiger partial charge in [-0.2, -0.15) is 0 Å². The topological polar surface area (TPSA) is 147 Å². The maximum absolute atomic E-state index is 13.5. The lowest BCUT2D eigenvalue weighted by atomic mass is 9.95. The van der Waals surface area contributed by atoms with Crippen molar-refractivity contribution < 1.29 is 48.0 Å². The molecule has 294 valence electrons. The summed E-state index contributed by atoms with van der Waals surface area (Å²) in [6.45, 7) is 37.8. The summed E-state index contributed by atoms with van der Waals surface area (Å²) in [5.74, 6) is -9.86. The van der Waals surface area contributed by atoms with E-state index in [1.165, 1.54) is 0 Å². The van der Waals surface area contributed by atoms with Crippen molar-refractivity contribution in [3.05, 3.63) is 35.9 Å². The van der Waals surface area contributed by atoms with Crippen LogP contribution in [0.25, 0.3) is 0 Å². The Hall–Kier alpha value is -0.312. The van der Waals surface area contributed by atoms with E-state index in [2.05, 4.69) is 0 Å². The molecule has 0 aliphatic heterocycles. The second-order valence-corrected chi connectivity index (χ2v) is 38.9. The molecule has 1 rings (SSSR count). The number of ether oxygens (including phenoxy) is 1. The van der Waals surface area contributed by atoms with Crippen molar-refractivity contribution in [3.8, 4) is 0 Å². The number of hydrogen-bond donors (Lipinski definition) is 5. The van der Waals surface area contributed by atoms with Crippen LogP contribution in [0, 0.1) is 0 Å². The van der Waals surface area contributed by atoms with Crippen molar-refractivity contribution in [3.63, 3.8) is 0 Å². The Bertz CT molecular complexity index is 1250. The summed E-state index contributed by atoms with van der Waals surface area (Å²) in [4.78, 5) is 0. The Labute approximate surface area is 308 Å². The van der Waals surface area contributed by atoms with E-state index in [1.807, 2.05) is 142 Å². The van der Waals surface area contributed by atoms with Gasteiger partial charge in [-0.05, 0) is 78.1 Å². The third kappa shape index (κ3) is 10.1. The Morgan fingerprint density at radius 2 is 0.820 bits per heavy atom. The predicted molar refractivity (Wildman–Crippen MR) is 211 cm³/mol. The van der Waals surface area contributed by atoms with Gasteiger partial charge in [0.05, 0.1) is 6.61 Å². The van der Waals surface area contributed by atoms with Crippen LogP contribution in [-0.2, 0) is 29.0 Å². The van der Waals surface area contributed by atoms with Crippen LogP contribution in [0.2, 0.25) is 72.5 Å². The molecule has 0 amide bonds. The molecule has 0 saturated carbocycles. The standard InChI is InChI=1S/C36H74O10Si4/c1-30(2,3)47(13,14)43-29(38)35(40,45-49(17,18)32(7,8)9)36(41,46-50(19,20)33(10,11)12)34(39,44-48(15,16)31(4,5)6)28(37)42-26-27-24-22-21-23-25-27/h21-25,28-29,37-41H,26H2,1-20H3/t28?,29?,34-,35+,36+/m0/s1. The van der Waals surface area contributed by atoms with E-state index in [4.69, 9.17) is 22.4 Å². The number of aliphatic hydroxyl groups is 5. The van der Waals surface area contributed by atoms with Gasteiger partial charge >= 0.3 is 0 Å². The molecule has 0 aromatic heterocycles. The molecule has 0 spiro atoms. The zero-order chi connectivity index (χ0) is 40.0. The van der Waals surface area contributed by atoms with E-state index < -0.39 is 83.4 Å². The summed E-state index contributed by atoms with van der Waals surface area (Å²) < 4.78 is 32.4. The molecule has 0 aliphatic carbocycles. The van der Waals surface area contributed by atoms with Crippen LogP contribution in [0.1, 0.15) is 88.6 Å². The largest absolute Gasteiger partial charge is 0.388 e. The van der Waals surface area contributed by atoms with E-state index in [0.29, 0.717) is 5.56 Å². The molecule has 5 atom stereocenters. The molecule has 0 saturated heterocycles. The molecular formula is C36H74O10Si4. The zero-order valence-corrected chi connectivity index (χ0v) is 39.0. The van der Waals surface area contributed by atoms with Crippen molar-refractivity contribution in [1.29, 1.82) is 0 Å². The molecule has 0 aliphatic rings. The monoisotopic (exact) mass is 778 g/mol. The first-order chi connectivity index (χ1) is 21.7. The van der Waals surface area contributed by atoms with Crippen molar-refractivity contribution in [1.82, 2.24) is 0 Å². The number of aliphatic hydroxyl groups excluding tert-OH is 2. The fourth-order valence-electron chi connectivity index (χ4n) is 3.98. The quantitative estimate of drug-likeness (QED) is 0.0877. The van der Waals surface area contributed by atoms with Crippen molar-refractivity contribution in [2.75, 3.05) is 0 Å². The zero-order valence-electron chi connectivity index (χ0n) is 35.0. The lowest BCUT2D eigenvalue weighted by Gasteiger charge is -2.60. The van der Waals surface area contributed by atoms with Gasteiger partial charge in [-0.25, -0.2) is 0 Å². The fourth-order valence-corrected chi connectivity index (χ4v) is 9.04. The van der Waals surface area contributed by atoms with E-state index in [0.717, 1.165) is 0 Å². The molecule has 1 aromatic carbocycles. The molecule has 0 radical (unpaired) electrons. The maximum atomic E-state index is 13.5. The van der Waals surface area contributed by atoms with E-state index >= 15 is 0 Å². The molecule has 2 unspecified atom stereocenters. The van der Waals surface area contributed by atoms with Gasteiger partial charge < -0.3 is 48.0 Å². The van der Waals surface area contributed by atoms with Crippen molar-refractivity contribution in [2.24, 2.45) is 0 Å². The Kier molecular flexibility index (Phi) is 14.4. The summed E-state index contributed by atoms with van der Waals surface area (Å²) in [6.07, 6.45) is -4.59. The van der Waals surface area contributed by atoms with Gasteiger partial charge in [-0.3, -0.25) is 0 Å². The minimum Gasteiger partial charge on any atom is -0.388 e. The van der Waals surface area contributed by atoms with Crippen LogP contribution < -0.4 is 0 Å². The Morgan fingerprint density at radius 3 is 1.16 bits per heavy atom. The van der Waals surface area contributed by atoms with Gasteiger partial charge in [0.15, 0.2) is 33.3 Å². The van der Waals surface area contributed by atoms with Crippen molar-refractivity contribution >= 4 is 33.3 Å². The highest BCUT2D eigenvalue weighted by molar-refractivity contribution is 6.75. The Balaban J connectivity index is 4.47. The van der Waals surface area contributed by atoms with Crippen LogP contribution in [0.4, 0.5) is 0 Å². The number of benzene rings is 1. The summed E-state index contributed by atoms with van der Waals surface area (Å²) >= 11 is 0. The summed E-state index contributed by atoms with van der Waals surface area (Å²) in [6, 6.07) is 9.02. The van der Waals surface area contributed by atoms with Gasteiger partial charge in [0.2, 0.25) is 12.6 Å². The molecule has 14 heteroatoms. The molecule has 10 nitrogen and oxygen atoms in total. The summed E-state index contributed by atoms with van der Waals surface area (Å²) in [7, 11) is -12.7. The van der Waals surface area contributed by atoms with Crippen LogP contribution >= 0.6 is 0 Å². The van der Waals surface area contributed by atoms with Crippen LogP contribution in [0.3, 0.4) is 0 Å². The number of rotatable bonds is 15. The molecule has 0 bridgehead atoms. The highest BCUT2D eigenvalue weighted by atomic mass is 28.4. The first kappa shape index (κ1) is 47.7. The average Bonchev–Trinajstić information content (AvgIpc) is 2.88. The third-order valence-corrected chi connectivity index (χ3v) is 29.5. The van der Waals surface area contributed by atoms with Crippen LogP contribution in [0.5, 0.6) is 0 Å². The molecule has 0 heterocycles. The fraction of sp³-hybridized carbons (Fsp3) is 0.833. The molecule has 0 fully saturated rings.